The van der Waals surface area contributed by atoms with Gasteiger partial charge in [-0.15, -0.1) is 0 Å². The molecule has 4 bridgehead atoms. The van der Waals surface area contributed by atoms with Gasteiger partial charge in [0, 0.05) is 24.0 Å². The molecule has 0 saturated heterocycles. The van der Waals surface area contributed by atoms with Crippen LogP contribution >= 0.6 is 12.2 Å². The van der Waals surface area contributed by atoms with Gasteiger partial charge in [0.2, 0.25) is 6.79 Å². The van der Waals surface area contributed by atoms with Crippen molar-refractivity contribution in [3.63, 3.8) is 0 Å². The predicted octanol–water partition coefficient (Wildman–Crippen LogP) is 4.35. The lowest BCUT2D eigenvalue weighted by molar-refractivity contribution is -0.0492. The van der Waals surface area contributed by atoms with E-state index in [9.17, 15) is 0 Å². The fourth-order valence-electron chi connectivity index (χ4n) is 6.25. The minimum atomic E-state index is 0.237. The summed E-state index contributed by atoms with van der Waals surface area (Å²) in [6.45, 7) is 0.267. The highest BCUT2D eigenvalue weighted by atomic mass is 32.1. The fourth-order valence-corrected chi connectivity index (χ4v) is 6.48. The molecule has 2 heterocycles. The van der Waals surface area contributed by atoms with Crippen molar-refractivity contribution in [3.05, 3.63) is 30.5 Å². The summed E-state index contributed by atoms with van der Waals surface area (Å²) < 4.78 is 13.0. The molecule has 6 nitrogen and oxygen atoms in total. The van der Waals surface area contributed by atoms with Crippen LogP contribution in [0.15, 0.2) is 30.5 Å². The van der Waals surface area contributed by atoms with Crippen molar-refractivity contribution in [3.8, 4) is 11.5 Å². The van der Waals surface area contributed by atoms with E-state index < -0.39 is 0 Å². The van der Waals surface area contributed by atoms with Crippen molar-refractivity contribution in [2.45, 2.75) is 44.1 Å². The number of nitrogens with one attached hydrogen (secondary N) is 2. The Hall–Kier alpha value is -2.28. The summed E-state index contributed by atoms with van der Waals surface area (Å²) >= 11 is 5.48. The topological polar surface area (TPSA) is 60.3 Å². The van der Waals surface area contributed by atoms with Crippen molar-refractivity contribution >= 4 is 28.8 Å². The van der Waals surface area contributed by atoms with E-state index in [1.54, 1.807) is 0 Å². The lowest BCUT2D eigenvalue weighted by Gasteiger charge is -2.56. The summed E-state index contributed by atoms with van der Waals surface area (Å²) in [7, 11) is 0. The van der Waals surface area contributed by atoms with Gasteiger partial charge in [-0.25, -0.2) is 0 Å². The Kier molecular flexibility index (Phi) is 3.63. The molecule has 0 radical (unpaired) electrons. The number of hydrogen-bond acceptors (Lipinski definition) is 4. The molecule has 1 aliphatic heterocycles. The van der Waals surface area contributed by atoms with Gasteiger partial charge < -0.3 is 20.1 Å². The molecule has 2 N–H and O–H groups in total. The second kappa shape index (κ2) is 6.11. The number of thiocarbonyl (C=S) groups is 1. The van der Waals surface area contributed by atoms with E-state index in [2.05, 4.69) is 21.5 Å². The average Bonchev–Trinajstić information content (AvgIpc) is 3.29. The first-order valence-corrected chi connectivity index (χ1v) is 10.6. The summed E-state index contributed by atoms with van der Waals surface area (Å²) in [6, 6.07) is 7.74. The maximum absolute atomic E-state index is 5.48. The zero-order valence-corrected chi connectivity index (χ0v) is 16.5. The maximum atomic E-state index is 5.48. The van der Waals surface area contributed by atoms with Gasteiger partial charge in [0.05, 0.1) is 5.54 Å². The summed E-state index contributed by atoms with van der Waals surface area (Å²) in [6.07, 6.45) is 10.3. The number of fused-ring (bicyclic) bond motifs is 1. The van der Waals surface area contributed by atoms with Crippen LogP contribution in [0.25, 0.3) is 0 Å². The number of ether oxygens (including phenoxy) is 2. The summed E-state index contributed by atoms with van der Waals surface area (Å²) in [5.41, 5.74) is 1.10. The zero-order chi connectivity index (χ0) is 18.7. The van der Waals surface area contributed by atoms with Gasteiger partial charge in [0.1, 0.15) is 0 Å². The lowest BCUT2D eigenvalue weighted by Crippen LogP contribution is -2.52. The van der Waals surface area contributed by atoms with Crippen LogP contribution in [0.2, 0.25) is 0 Å². The van der Waals surface area contributed by atoms with Crippen molar-refractivity contribution in [2.75, 3.05) is 17.4 Å². The molecule has 146 valence electrons. The molecule has 0 spiro atoms. The van der Waals surface area contributed by atoms with Gasteiger partial charge >= 0.3 is 0 Å². The van der Waals surface area contributed by atoms with E-state index in [4.69, 9.17) is 26.8 Å². The van der Waals surface area contributed by atoms with Gasteiger partial charge in [-0.05, 0) is 80.6 Å². The van der Waals surface area contributed by atoms with Gasteiger partial charge in [-0.1, -0.05) is 0 Å². The molecule has 7 heteroatoms. The lowest BCUT2D eigenvalue weighted by atomic mass is 9.53. The Morgan fingerprint density at radius 1 is 1.00 bits per heavy atom. The van der Waals surface area contributed by atoms with Gasteiger partial charge in [0.15, 0.2) is 22.4 Å². The van der Waals surface area contributed by atoms with Gasteiger partial charge in [-0.2, -0.15) is 5.10 Å². The van der Waals surface area contributed by atoms with Crippen LogP contribution in [-0.2, 0) is 5.54 Å². The van der Waals surface area contributed by atoms with E-state index in [0.717, 1.165) is 40.8 Å². The van der Waals surface area contributed by atoms with E-state index in [1.165, 1.54) is 38.5 Å². The van der Waals surface area contributed by atoms with Crippen LogP contribution in [0.5, 0.6) is 11.5 Å². The third-order valence-electron chi connectivity index (χ3n) is 6.95. The third-order valence-corrected chi connectivity index (χ3v) is 7.16. The molecule has 5 aliphatic rings. The average molecular weight is 397 g/mol. The number of hydrogen-bond donors (Lipinski definition) is 2. The van der Waals surface area contributed by atoms with Gasteiger partial charge in [0.25, 0.3) is 0 Å². The first-order valence-electron chi connectivity index (χ1n) is 10.2. The zero-order valence-electron chi connectivity index (χ0n) is 15.7. The van der Waals surface area contributed by atoms with Crippen LogP contribution in [0, 0.1) is 17.8 Å². The molecule has 1 aromatic heterocycles. The predicted molar refractivity (Wildman–Crippen MR) is 111 cm³/mol. The van der Waals surface area contributed by atoms with Crippen LogP contribution < -0.4 is 20.1 Å². The molecule has 0 unspecified atom stereocenters. The summed E-state index contributed by atoms with van der Waals surface area (Å²) in [5, 5.41) is 11.8. The standard InChI is InChI=1S/C21H24N4O2S/c28-20(22-16-1-2-17-18(8-16)27-12-26-17)23-19-3-4-25(24-19)21-9-13-5-14(10-21)7-15(6-13)11-21/h1-4,8,13-15H,5-7,9-12H2,(H2,22,23,24,28). The highest BCUT2D eigenvalue weighted by molar-refractivity contribution is 7.80. The molecule has 4 saturated carbocycles. The number of nitrogens with zero attached hydrogens (tertiary/aromatic N) is 2. The van der Waals surface area contributed by atoms with Crippen molar-refractivity contribution in [2.24, 2.45) is 17.8 Å². The van der Waals surface area contributed by atoms with Crippen LogP contribution in [0.1, 0.15) is 38.5 Å². The molecular formula is C21H24N4O2S. The smallest absolute Gasteiger partial charge is 0.231 e. The highest BCUT2D eigenvalue weighted by Crippen LogP contribution is 2.58. The van der Waals surface area contributed by atoms with Gasteiger partial charge in [-0.3, -0.25) is 4.68 Å². The first kappa shape index (κ1) is 16.7. The molecule has 1 aromatic carbocycles. The fraction of sp³-hybridized carbons (Fsp3) is 0.524. The second-order valence-corrected chi connectivity index (χ2v) is 9.34. The largest absolute Gasteiger partial charge is 0.454 e. The Balaban J connectivity index is 1.15. The molecule has 4 aliphatic carbocycles. The highest BCUT2D eigenvalue weighted by Gasteiger charge is 2.52. The minimum absolute atomic E-state index is 0.237. The van der Waals surface area contributed by atoms with E-state index >= 15 is 0 Å². The number of anilines is 2. The number of benzene rings is 1. The molecule has 7 rings (SSSR count). The van der Waals surface area contributed by atoms with Crippen molar-refractivity contribution in [1.29, 1.82) is 0 Å². The molecule has 4 fully saturated rings. The number of rotatable bonds is 3. The molecule has 0 atom stereocenters. The second-order valence-electron chi connectivity index (χ2n) is 8.93. The van der Waals surface area contributed by atoms with Crippen molar-refractivity contribution < 1.29 is 9.47 Å². The van der Waals surface area contributed by atoms with E-state index in [1.807, 2.05) is 24.3 Å². The van der Waals surface area contributed by atoms with Crippen LogP contribution in [-0.4, -0.2) is 21.7 Å². The molecule has 28 heavy (non-hydrogen) atoms. The van der Waals surface area contributed by atoms with Crippen molar-refractivity contribution in [1.82, 2.24) is 9.78 Å². The molecule has 0 amide bonds. The SMILES string of the molecule is S=C(Nc1ccc2c(c1)OCO2)Nc1ccn(C23CC4CC(CC(C4)C2)C3)n1. The van der Waals surface area contributed by atoms with E-state index in [0.29, 0.717) is 5.11 Å². The monoisotopic (exact) mass is 396 g/mol. The van der Waals surface area contributed by atoms with E-state index in [-0.39, 0.29) is 12.3 Å². The Bertz CT molecular complexity index is 905. The normalized spacial score (nSPS) is 31.8. The Morgan fingerprint density at radius 3 is 2.46 bits per heavy atom. The minimum Gasteiger partial charge on any atom is -0.454 e. The van der Waals surface area contributed by atoms with Crippen LogP contribution in [0.3, 0.4) is 0 Å². The first-order chi connectivity index (χ1) is 13.6. The van der Waals surface area contributed by atoms with Crippen LogP contribution in [0.4, 0.5) is 11.5 Å². The third kappa shape index (κ3) is 2.75. The maximum Gasteiger partial charge on any atom is 0.231 e. The number of aromatic nitrogens is 2. The molecular weight excluding hydrogens is 372 g/mol. The Morgan fingerprint density at radius 2 is 1.71 bits per heavy atom. The quantitative estimate of drug-likeness (QED) is 0.753. The summed E-state index contributed by atoms with van der Waals surface area (Å²) in [5.74, 6) is 5.01. The molecule has 2 aromatic rings. The Labute approximate surface area is 169 Å². The summed E-state index contributed by atoms with van der Waals surface area (Å²) in [4.78, 5) is 0.